The Labute approximate surface area is 120 Å². The largest absolute Gasteiger partial charge is 0.494 e. The maximum absolute atomic E-state index is 13.8. The van der Waals surface area contributed by atoms with Crippen LogP contribution in [-0.4, -0.2) is 12.4 Å². The Morgan fingerprint density at radius 1 is 1.10 bits per heavy atom. The number of halogens is 2. The second-order valence-corrected chi connectivity index (χ2v) is 4.19. The highest BCUT2D eigenvalue weighted by atomic mass is 19.1. The first-order valence-corrected chi connectivity index (χ1v) is 6.25. The zero-order valence-electron chi connectivity index (χ0n) is 11.3. The van der Waals surface area contributed by atoms with Gasteiger partial charge in [0.1, 0.15) is 17.3 Å². The quantitative estimate of drug-likeness (QED) is 0.655. The number of nitrogen functional groups attached to an aromatic ring is 1. The fraction of sp³-hybridized carbons (Fsp3) is 0.133. The van der Waals surface area contributed by atoms with Crippen molar-refractivity contribution in [2.24, 2.45) is 5.73 Å². The van der Waals surface area contributed by atoms with Crippen LogP contribution in [0, 0.1) is 17.0 Å². The van der Waals surface area contributed by atoms with Crippen molar-refractivity contribution in [2.45, 2.75) is 6.92 Å². The van der Waals surface area contributed by atoms with Gasteiger partial charge >= 0.3 is 0 Å². The third-order valence-corrected chi connectivity index (χ3v) is 2.66. The average Bonchev–Trinajstić information content (AvgIpc) is 2.44. The van der Waals surface area contributed by atoms with Crippen molar-refractivity contribution in [1.82, 2.24) is 0 Å². The molecular weight excluding hydrogens is 278 g/mol. The van der Waals surface area contributed by atoms with Crippen LogP contribution in [0.1, 0.15) is 12.5 Å². The molecule has 0 radical (unpaired) electrons. The van der Waals surface area contributed by atoms with Gasteiger partial charge in [-0.1, -0.05) is 0 Å². The highest BCUT2D eigenvalue weighted by Crippen LogP contribution is 2.29. The van der Waals surface area contributed by atoms with Crippen molar-refractivity contribution in [3.8, 4) is 17.2 Å². The molecule has 2 aromatic rings. The van der Waals surface area contributed by atoms with Gasteiger partial charge in [-0.2, -0.15) is 0 Å². The third-order valence-electron chi connectivity index (χ3n) is 2.66. The molecular formula is C15H14F2N2O2. The number of rotatable bonds is 5. The Kier molecular flexibility index (Phi) is 4.37. The lowest BCUT2D eigenvalue weighted by molar-refractivity contribution is 0.339. The summed E-state index contributed by atoms with van der Waals surface area (Å²) in [5, 5.41) is 7.17. The molecule has 0 aliphatic heterocycles. The lowest BCUT2D eigenvalue weighted by Crippen LogP contribution is -2.12. The molecule has 0 aliphatic rings. The number of hydrogen-bond donors (Lipinski definition) is 2. The van der Waals surface area contributed by atoms with Gasteiger partial charge in [0.25, 0.3) is 0 Å². The van der Waals surface area contributed by atoms with E-state index in [9.17, 15) is 8.78 Å². The first kappa shape index (κ1) is 14.8. The Morgan fingerprint density at radius 3 is 2.10 bits per heavy atom. The van der Waals surface area contributed by atoms with Gasteiger partial charge in [0.15, 0.2) is 17.4 Å². The molecule has 0 spiro atoms. The van der Waals surface area contributed by atoms with Gasteiger partial charge in [0.05, 0.1) is 6.61 Å². The molecule has 0 bridgehead atoms. The molecule has 110 valence electrons. The van der Waals surface area contributed by atoms with Crippen molar-refractivity contribution < 1.29 is 18.3 Å². The van der Waals surface area contributed by atoms with Gasteiger partial charge in [-0.15, -0.1) is 0 Å². The second-order valence-electron chi connectivity index (χ2n) is 4.19. The summed E-state index contributed by atoms with van der Waals surface area (Å²) in [4.78, 5) is 0. The summed E-state index contributed by atoms with van der Waals surface area (Å²) in [5.41, 5.74) is 5.16. The Morgan fingerprint density at radius 2 is 1.62 bits per heavy atom. The monoisotopic (exact) mass is 292 g/mol. The molecule has 4 nitrogen and oxygen atoms in total. The number of nitrogens with two attached hydrogens (primary N) is 1. The van der Waals surface area contributed by atoms with E-state index in [1.807, 2.05) is 6.92 Å². The summed E-state index contributed by atoms with van der Waals surface area (Å²) in [6.07, 6.45) is 0. The molecule has 0 amide bonds. The molecule has 0 unspecified atom stereocenters. The zero-order chi connectivity index (χ0) is 15.4. The minimum absolute atomic E-state index is 0.0379. The first-order valence-electron chi connectivity index (χ1n) is 6.25. The van der Waals surface area contributed by atoms with Crippen molar-refractivity contribution >= 4 is 5.84 Å². The molecule has 0 atom stereocenters. The van der Waals surface area contributed by atoms with E-state index in [-0.39, 0.29) is 11.3 Å². The molecule has 0 aliphatic carbocycles. The van der Waals surface area contributed by atoms with E-state index in [4.69, 9.17) is 20.6 Å². The van der Waals surface area contributed by atoms with E-state index in [2.05, 4.69) is 0 Å². The minimum atomic E-state index is -0.922. The smallest absolute Gasteiger partial charge is 0.198 e. The number of ether oxygens (including phenoxy) is 2. The van der Waals surface area contributed by atoms with Gasteiger partial charge in [0.2, 0.25) is 0 Å². The Balaban J connectivity index is 2.25. The third kappa shape index (κ3) is 3.47. The standard InChI is InChI=1S/C15H14F2N2O2/c1-2-20-10-3-5-11(6-4-10)21-14-12(16)7-9(15(18)19)8-13(14)17/h3-8H,2H2,1H3,(H3,18,19). The highest BCUT2D eigenvalue weighted by molar-refractivity contribution is 5.95. The molecule has 3 N–H and O–H groups in total. The van der Waals surface area contributed by atoms with Gasteiger partial charge < -0.3 is 15.2 Å². The predicted molar refractivity (Wildman–Crippen MR) is 75.1 cm³/mol. The molecule has 0 saturated heterocycles. The van der Waals surface area contributed by atoms with Crippen molar-refractivity contribution in [1.29, 1.82) is 5.41 Å². The summed E-state index contributed by atoms with van der Waals surface area (Å²) in [6.45, 7) is 2.38. The zero-order valence-corrected chi connectivity index (χ0v) is 11.3. The lowest BCUT2D eigenvalue weighted by atomic mass is 10.2. The summed E-state index contributed by atoms with van der Waals surface area (Å²) in [5.74, 6) is -1.89. The van der Waals surface area contributed by atoms with Crippen LogP contribution in [0.2, 0.25) is 0 Å². The summed E-state index contributed by atoms with van der Waals surface area (Å²) < 4.78 is 38.1. The van der Waals surface area contributed by atoms with Gasteiger partial charge in [0, 0.05) is 5.56 Å². The van der Waals surface area contributed by atoms with Crippen LogP contribution in [-0.2, 0) is 0 Å². The van der Waals surface area contributed by atoms with Crippen molar-refractivity contribution in [2.75, 3.05) is 6.61 Å². The van der Waals surface area contributed by atoms with Crippen LogP contribution in [0.25, 0.3) is 0 Å². The van der Waals surface area contributed by atoms with E-state index in [0.717, 1.165) is 12.1 Å². The SMILES string of the molecule is CCOc1ccc(Oc2c(F)cc(C(=N)N)cc2F)cc1. The fourth-order valence-electron chi connectivity index (χ4n) is 1.70. The van der Waals surface area contributed by atoms with Crippen LogP contribution >= 0.6 is 0 Å². The molecule has 21 heavy (non-hydrogen) atoms. The molecule has 0 aromatic heterocycles. The summed E-state index contributed by atoms with van der Waals surface area (Å²) >= 11 is 0. The highest BCUT2D eigenvalue weighted by Gasteiger charge is 2.14. The minimum Gasteiger partial charge on any atom is -0.494 e. The van der Waals surface area contributed by atoms with Crippen molar-refractivity contribution in [3.05, 3.63) is 53.6 Å². The molecule has 0 saturated carbocycles. The predicted octanol–water partition coefficient (Wildman–Crippen LogP) is 3.44. The van der Waals surface area contributed by atoms with E-state index in [1.165, 1.54) is 0 Å². The van der Waals surface area contributed by atoms with E-state index in [0.29, 0.717) is 12.4 Å². The molecule has 2 aromatic carbocycles. The molecule has 2 rings (SSSR count). The van der Waals surface area contributed by atoms with Gasteiger partial charge in [-0.3, -0.25) is 5.41 Å². The number of amidine groups is 1. The van der Waals surface area contributed by atoms with E-state index < -0.39 is 23.2 Å². The van der Waals surface area contributed by atoms with Crippen LogP contribution in [0.4, 0.5) is 8.78 Å². The summed E-state index contributed by atoms with van der Waals surface area (Å²) in [6, 6.07) is 8.27. The van der Waals surface area contributed by atoms with Crippen LogP contribution in [0.5, 0.6) is 17.2 Å². The van der Waals surface area contributed by atoms with Crippen LogP contribution in [0.15, 0.2) is 36.4 Å². The number of benzene rings is 2. The lowest BCUT2D eigenvalue weighted by Gasteiger charge is -2.10. The first-order chi connectivity index (χ1) is 10.0. The Bertz CT molecular complexity index is 634. The molecule has 0 heterocycles. The number of hydrogen-bond acceptors (Lipinski definition) is 3. The van der Waals surface area contributed by atoms with Crippen LogP contribution < -0.4 is 15.2 Å². The maximum atomic E-state index is 13.8. The van der Waals surface area contributed by atoms with Gasteiger partial charge in [-0.05, 0) is 43.3 Å². The molecule has 0 fully saturated rings. The summed E-state index contributed by atoms with van der Waals surface area (Å²) in [7, 11) is 0. The number of nitrogens with one attached hydrogen (secondary N) is 1. The van der Waals surface area contributed by atoms with E-state index >= 15 is 0 Å². The Hall–Kier alpha value is -2.63. The van der Waals surface area contributed by atoms with Gasteiger partial charge in [-0.25, -0.2) is 8.78 Å². The van der Waals surface area contributed by atoms with Crippen molar-refractivity contribution in [3.63, 3.8) is 0 Å². The average molecular weight is 292 g/mol. The second kappa shape index (κ2) is 6.21. The van der Waals surface area contributed by atoms with E-state index in [1.54, 1.807) is 24.3 Å². The topological polar surface area (TPSA) is 68.3 Å². The van der Waals surface area contributed by atoms with Crippen LogP contribution in [0.3, 0.4) is 0 Å². The maximum Gasteiger partial charge on any atom is 0.198 e. The normalized spacial score (nSPS) is 10.2. The fourth-order valence-corrected chi connectivity index (χ4v) is 1.70. The molecule has 6 heteroatoms.